The van der Waals surface area contributed by atoms with Crippen molar-refractivity contribution in [1.29, 1.82) is 0 Å². The standard InChI is InChI=1S/C15H21FN2O2/c1-15(2)11-17(7-8-18(15)14(20)10-19)9-12-3-5-13(16)6-4-12/h3-6,19H,7-11H2,1-2H3. The molecule has 1 aliphatic rings. The van der Waals surface area contributed by atoms with E-state index < -0.39 is 6.61 Å². The summed E-state index contributed by atoms with van der Waals surface area (Å²) in [6.45, 7) is 6.39. The van der Waals surface area contributed by atoms with Crippen LogP contribution in [0.2, 0.25) is 0 Å². The Hall–Kier alpha value is -1.46. The topological polar surface area (TPSA) is 43.8 Å². The minimum Gasteiger partial charge on any atom is -0.387 e. The van der Waals surface area contributed by atoms with Gasteiger partial charge in [0.05, 0.1) is 5.54 Å². The van der Waals surface area contributed by atoms with Gasteiger partial charge in [-0.1, -0.05) is 12.1 Å². The molecule has 110 valence electrons. The monoisotopic (exact) mass is 280 g/mol. The zero-order valence-corrected chi connectivity index (χ0v) is 12.0. The van der Waals surface area contributed by atoms with Gasteiger partial charge in [-0.3, -0.25) is 9.69 Å². The van der Waals surface area contributed by atoms with E-state index in [1.807, 2.05) is 13.8 Å². The number of benzene rings is 1. The smallest absolute Gasteiger partial charge is 0.248 e. The molecule has 5 heteroatoms. The van der Waals surface area contributed by atoms with Crippen LogP contribution in [-0.4, -0.2) is 52.6 Å². The van der Waals surface area contributed by atoms with Crippen molar-refractivity contribution in [2.45, 2.75) is 25.9 Å². The number of amides is 1. The fraction of sp³-hybridized carbons (Fsp3) is 0.533. The highest BCUT2D eigenvalue weighted by Gasteiger charge is 2.36. The first-order valence-corrected chi connectivity index (χ1v) is 6.80. The molecule has 1 amide bonds. The quantitative estimate of drug-likeness (QED) is 0.906. The molecule has 1 saturated heterocycles. The summed E-state index contributed by atoms with van der Waals surface area (Å²) in [6.07, 6.45) is 0. The van der Waals surface area contributed by atoms with Gasteiger partial charge in [0.1, 0.15) is 12.4 Å². The summed E-state index contributed by atoms with van der Waals surface area (Å²) in [5, 5.41) is 9.01. The molecular weight excluding hydrogens is 259 g/mol. The van der Waals surface area contributed by atoms with Crippen LogP contribution in [0.15, 0.2) is 24.3 Å². The Labute approximate surface area is 118 Å². The summed E-state index contributed by atoms with van der Waals surface area (Å²) in [4.78, 5) is 15.7. The summed E-state index contributed by atoms with van der Waals surface area (Å²) in [5.74, 6) is -0.455. The molecule has 0 saturated carbocycles. The van der Waals surface area contributed by atoms with Crippen LogP contribution in [0.5, 0.6) is 0 Å². The highest BCUT2D eigenvalue weighted by atomic mass is 19.1. The maximum absolute atomic E-state index is 12.9. The van der Waals surface area contributed by atoms with Gasteiger partial charge in [-0.2, -0.15) is 0 Å². The van der Waals surface area contributed by atoms with Crippen molar-refractivity contribution >= 4 is 5.91 Å². The molecule has 0 unspecified atom stereocenters. The average molecular weight is 280 g/mol. The molecule has 1 aromatic rings. The van der Waals surface area contributed by atoms with Crippen molar-refractivity contribution in [3.63, 3.8) is 0 Å². The Morgan fingerprint density at radius 2 is 1.95 bits per heavy atom. The number of hydrogen-bond acceptors (Lipinski definition) is 3. The summed E-state index contributed by atoms with van der Waals surface area (Å²) in [5.41, 5.74) is 0.752. The summed E-state index contributed by atoms with van der Waals surface area (Å²) < 4.78 is 12.9. The first-order valence-electron chi connectivity index (χ1n) is 6.80. The molecule has 20 heavy (non-hydrogen) atoms. The fourth-order valence-corrected chi connectivity index (χ4v) is 2.79. The number of carbonyl (C=O) groups excluding carboxylic acids is 1. The van der Waals surface area contributed by atoms with Crippen LogP contribution >= 0.6 is 0 Å². The molecule has 0 spiro atoms. The SMILES string of the molecule is CC1(C)CN(Cc2ccc(F)cc2)CCN1C(=O)CO. The van der Waals surface area contributed by atoms with Gasteiger partial charge in [0.25, 0.3) is 0 Å². The van der Waals surface area contributed by atoms with Crippen molar-refractivity contribution in [2.24, 2.45) is 0 Å². The summed E-state index contributed by atoms with van der Waals surface area (Å²) in [6, 6.07) is 6.50. The number of aliphatic hydroxyl groups excluding tert-OH is 1. The molecule has 0 aliphatic carbocycles. The molecule has 0 radical (unpaired) electrons. The number of aliphatic hydroxyl groups is 1. The van der Waals surface area contributed by atoms with Crippen LogP contribution in [0.4, 0.5) is 4.39 Å². The number of piperazine rings is 1. The van der Waals surface area contributed by atoms with E-state index in [1.165, 1.54) is 12.1 Å². The molecule has 0 aromatic heterocycles. The number of hydrogen-bond donors (Lipinski definition) is 1. The second kappa shape index (κ2) is 5.89. The highest BCUT2D eigenvalue weighted by Crippen LogP contribution is 2.22. The first-order chi connectivity index (χ1) is 9.42. The van der Waals surface area contributed by atoms with E-state index >= 15 is 0 Å². The number of carbonyl (C=O) groups is 1. The van der Waals surface area contributed by atoms with Crippen LogP contribution in [0.3, 0.4) is 0 Å². The number of rotatable bonds is 3. The van der Waals surface area contributed by atoms with Crippen LogP contribution in [0.1, 0.15) is 19.4 Å². The van der Waals surface area contributed by atoms with Crippen molar-refractivity contribution < 1.29 is 14.3 Å². The van der Waals surface area contributed by atoms with Gasteiger partial charge in [0.2, 0.25) is 5.91 Å². The van der Waals surface area contributed by atoms with E-state index in [9.17, 15) is 9.18 Å². The zero-order chi connectivity index (χ0) is 14.8. The van der Waals surface area contributed by atoms with E-state index in [2.05, 4.69) is 4.90 Å². The Bertz CT molecular complexity index is 473. The lowest BCUT2D eigenvalue weighted by molar-refractivity contribution is -0.143. The van der Waals surface area contributed by atoms with Gasteiger partial charge in [0.15, 0.2) is 0 Å². The van der Waals surface area contributed by atoms with E-state index in [0.29, 0.717) is 6.54 Å². The highest BCUT2D eigenvalue weighted by molar-refractivity contribution is 5.78. The molecular formula is C15H21FN2O2. The van der Waals surface area contributed by atoms with E-state index in [4.69, 9.17) is 5.11 Å². The molecule has 1 heterocycles. The van der Waals surface area contributed by atoms with Gasteiger partial charge in [-0.25, -0.2) is 4.39 Å². The molecule has 1 aromatic carbocycles. The molecule has 1 N–H and O–H groups in total. The van der Waals surface area contributed by atoms with Gasteiger partial charge < -0.3 is 10.0 Å². The third-order valence-electron chi connectivity index (χ3n) is 3.74. The molecule has 0 atom stereocenters. The van der Waals surface area contributed by atoms with E-state index in [0.717, 1.165) is 25.2 Å². The fourth-order valence-electron chi connectivity index (χ4n) is 2.79. The average Bonchev–Trinajstić information content (AvgIpc) is 2.40. The maximum Gasteiger partial charge on any atom is 0.248 e. The van der Waals surface area contributed by atoms with Crippen molar-refractivity contribution in [3.05, 3.63) is 35.6 Å². The molecule has 0 bridgehead atoms. The number of nitrogens with zero attached hydrogens (tertiary/aromatic N) is 2. The van der Waals surface area contributed by atoms with Gasteiger partial charge in [0, 0.05) is 26.2 Å². The molecule has 4 nitrogen and oxygen atoms in total. The second-order valence-corrected chi connectivity index (χ2v) is 5.85. The van der Waals surface area contributed by atoms with Crippen molar-refractivity contribution in [2.75, 3.05) is 26.2 Å². The Balaban J connectivity index is 2.00. The Morgan fingerprint density at radius 1 is 1.30 bits per heavy atom. The molecule has 1 fully saturated rings. The van der Waals surface area contributed by atoms with Crippen LogP contribution in [-0.2, 0) is 11.3 Å². The predicted molar refractivity (Wildman–Crippen MR) is 74.6 cm³/mol. The Kier molecular flexibility index (Phi) is 4.40. The second-order valence-electron chi connectivity index (χ2n) is 5.85. The van der Waals surface area contributed by atoms with Gasteiger partial charge >= 0.3 is 0 Å². The minimum absolute atomic E-state index is 0.226. The summed E-state index contributed by atoms with van der Waals surface area (Å²) in [7, 11) is 0. The maximum atomic E-state index is 12.9. The zero-order valence-electron chi connectivity index (χ0n) is 12.0. The predicted octanol–water partition coefficient (Wildman–Crippen LogP) is 1.24. The lowest BCUT2D eigenvalue weighted by Crippen LogP contribution is -2.61. The molecule has 2 rings (SSSR count). The third kappa shape index (κ3) is 3.35. The van der Waals surface area contributed by atoms with Crippen molar-refractivity contribution in [1.82, 2.24) is 9.80 Å². The van der Waals surface area contributed by atoms with Crippen LogP contribution in [0.25, 0.3) is 0 Å². The lowest BCUT2D eigenvalue weighted by Gasteiger charge is -2.47. The van der Waals surface area contributed by atoms with Crippen LogP contribution < -0.4 is 0 Å². The Morgan fingerprint density at radius 3 is 2.50 bits per heavy atom. The van der Waals surface area contributed by atoms with Crippen molar-refractivity contribution in [3.8, 4) is 0 Å². The summed E-state index contributed by atoms with van der Waals surface area (Å²) >= 11 is 0. The van der Waals surface area contributed by atoms with Gasteiger partial charge in [-0.05, 0) is 31.5 Å². The normalized spacial score (nSPS) is 19.1. The minimum atomic E-state index is -0.443. The van der Waals surface area contributed by atoms with Crippen LogP contribution in [0, 0.1) is 5.82 Å². The number of halogens is 1. The first kappa shape index (κ1) is 14.9. The largest absolute Gasteiger partial charge is 0.387 e. The van der Waals surface area contributed by atoms with E-state index in [-0.39, 0.29) is 17.3 Å². The third-order valence-corrected chi connectivity index (χ3v) is 3.74. The lowest BCUT2D eigenvalue weighted by atomic mass is 9.98. The van der Waals surface area contributed by atoms with Gasteiger partial charge in [-0.15, -0.1) is 0 Å². The molecule has 1 aliphatic heterocycles. The van der Waals surface area contributed by atoms with E-state index in [1.54, 1.807) is 17.0 Å².